The number of benzene rings is 1. The van der Waals surface area contributed by atoms with Crippen LogP contribution in [-0.2, 0) is 9.47 Å². The zero-order valence-electron chi connectivity index (χ0n) is 11.3. The Balaban J connectivity index is 2.99. The van der Waals surface area contributed by atoms with E-state index >= 15 is 0 Å². The summed E-state index contributed by atoms with van der Waals surface area (Å²) >= 11 is 0. The second-order valence-electron chi connectivity index (χ2n) is 4.21. The number of aliphatic hydroxyl groups excluding tert-OH is 2. The van der Waals surface area contributed by atoms with Crippen LogP contribution in [0.5, 0.6) is 0 Å². The van der Waals surface area contributed by atoms with Gasteiger partial charge in [0.15, 0.2) is 11.9 Å². The highest BCUT2D eigenvalue weighted by Crippen LogP contribution is 2.30. The van der Waals surface area contributed by atoms with Crippen LogP contribution in [0.25, 0.3) is 0 Å². The van der Waals surface area contributed by atoms with E-state index in [0.29, 0.717) is 18.8 Å². The van der Waals surface area contributed by atoms with Gasteiger partial charge in [-0.05, 0) is 19.4 Å². The van der Waals surface area contributed by atoms with Crippen LogP contribution in [0.2, 0.25) is 0 Å². The molecule has 0 aliphatic heterocycles. The van der Waals surface area contributed by atoms with Crippen LogP contribution in [0.1, 0.15) is 25.5 Å². The van der Waals surface area contributed by atoms with Crippen LogP contribution in [0, 0.1) is 0 Å². The Bertz CT molecular complexity index is 350. The van der Waals surface area contributed by atoms with Crippen LogP contribution in [-0.4, -0.2) is 47.0 Å². The first-order chi connectivity index (χ1) is 9.10. The van der Waals surface area contributed by atoms with E-state index < -0.39 is 24.6 Å². The maximum atomic E-state index is 10.5. The van der Waals surface area contributed by atoms with Gasteiger partial charge in [-0.3, -0.25) is 0 Å². The van der Waals surface area contributed by atoms with Crippen molar-refractivity contribution >= 4 is 0 Å². The second kappa shape index (κ2) is 7.57. The smallest absolute Gasteiger partial charge is 0.191 e. The predicted molar refractivity (Wildman–Crippen MR) is 70.5 cm³/mol. The zero-order chi connectivity index (χ0) is 14.3. The van der Waals surface area contributed by atoms with Crippen LogP contribution < -0.4 is 0 Å². The van der Waals surface area contributed by atoms with Gasteiger partial charge in [-0.2, -0.15) is 0 Å². The fourth-order valence-corrected chi connectivity index (χ4v) is 1.85. The first-order valence-electron chi connectivity index (χ1n) is 6.39. The van der Waals surface area contributed by atoms with Gasteiger partial charge < -0.3 is 24.8 Å². The standard InChI is InChI=1S/C14H22O5/c1-3-18-13(19-4-2)14(17,10-15)12(16)11-8-6-5-7-9-11/h5-9,12-13,15-17H,3-4,10H2,1-2H3/t12-,14+/m0/s1. The molecule has 0 spiro atoms. The molecule has 3 N–H and O–H groups in total. The molecule has 1 aromatic carbocycles. The van der Waals surface area contributed by atoms with Crippen molar-refractivity contribution in [2.45, 2.75) is 31.8 Å². The van der Waals surface area contributed by atoms with Gasteiger partial charge in [0.2, 0.25) is 0 Å². The van der Waals surface area contributed by atoms with Gasteiger partial charge in [0.05, 0.1) is 6.61 Å². The third-order valence-corrected chi connectivity index (χ3v) is 2.89. The van der Waals surface area contributed by atoms with Crippen molar-refractivity contribution in [2.24, 2.45) is 0 Å². The quantitative estimate of drug-likeness (QED) is 0.610. The van der Waals surface area contributed by atoms with Crippen LogP contribution in [0.15, 0.2) is 30.3 Å². The molecule has 1 rings (SSSR count). The molecule has 0 unspecified atom stereocenters. The zero-order valence-corrected chi connectivity index (χ0v) is 11.3. The van der Waals surface area contributed by atoms with Gasteiger partial charge in [0, 0.05) is 13.2 Å². The predicted octanol–water partition coefficient (Wildman–Crippen LogP) is 0.843. The molecule has 0 aromatic heterocycles. The van der Waals surface area contributed by atoms with E-state index in [1.54, 1.807) is 44.2 Å². The molecule has 0 radical (unpaired) electrons. The van der Waals surface area contributed by atoms with Crippen molar-refractivity contribution in [2.75, 3.05) is 19.8 Å². The Morgan fingerprint density at radius 1 is 1.11 bits per heavy atom. The van der Waals surface area contributed by atoms with E-state index in [1.165, 1.54) is 0 Å². The van der Waals surface area contributed by atoms with Crippen molar-refractivity contribution < 1.29 is 24.8 Å². The fourth-order valence-electron chi connectivity index (χ4n) is 1.85. The highest BCUT2D eigenvalue weighted by atomic mass is 16.7. The Morgan fingerprint density at radius 3 is 2.05 bits per heavy atom. The average Bonchev–Trinajstić information content (AvgIpc) is 2.46. The van der Waals surface area contributed by atoms with E-state index in [4.69, 9.17) is 9.47 Å². The number of rotatable bonds is 8. The SMILES string of the molecule is CCOC(OCC)[C@@](O)(CO)[C@@H](O)c1ccccc1. The monoisotopic (exact) mass is 270 g/mol. The van der Waals surface area contributed by atoms with E-state index in [9.17, 15) is 15.3 Å². The number of aliphatic hydroxyl groups is 3. The summed E-state index contributed by atoms with van der Waals surface area (Å²) in [5, 5.41) is 30.3. The Kier molecular flexibility index (Phi) is 6.41. The summed E-state index contributed by atoms with van der Waals surface area (Å²) in [4.78, 5) is 0. The molecule has 108 valence electrons. The highest BCUT2D eigenvalue weighted by Gasteiger charge is 2.45. The molecule has 1 aromatic rings. The summed E-state index contributed by atoms with van der Waals surface area (Å²) in [7, 11) is 0. The van der Waals surface area contributed by atoms with Crippen LogP contribution >= 0.6 is 0 Å². The molecule has 0 heterocycles. The fraction of sp³-hybridized carbons (Fsp3) is 0.571. The minimum atomic E-state index is -1.91. The van der Waals surface area contributed by atoms with Crippen LogP contribution in [0.3, 0.4) is 0 Å². The maximum Gasteiger partial charge on any atom is 0.191 e. The molecule has 0 aliphatic rings. The van der Waals surface area contributed by atoms with Crippen molar-refractivity contribution in [1.82, 2.24) is 0 Å². The topological polar surface area (TPSA) is 79.2 Å². The lowest BCUT2D eigenvalue weighted by molar-refractivity contribution is -0.275. The van der Waals surface area contributed by atoms with Gasteiger partial charge in [-0.25, -0.2) is 0 Å². The first-order valence-corrected chi connectivity index (χ1v) is 6.39. The molecule has 0 saturated carbocycles. The lowest BCUT2D eigenvalue weighted by atomic mass is 9.91. The third kappa shape index (κ3) is 3.75. The van der Waals surface area contributed by atoms with Gasteiger partial charge in [0.1, 0.15) is 6.10 Å². The Morgan fingerprint density at radius 2 is 1.63 bits per heavy atom. The molecule has 0 saturated heterocycles. The van der Waals surface area contributed by atoms with E-state index in [2.05, 4.69) is 0 Å². The molecule has 2 atom stereocenters. The minimum absolute atomic E-state index is 0.300. The summed E-state index contributed by atoms with van der Waals surface area (Å²) in [6.07, 6.45) is -2.40. The number of hydrogen-bond donors (Lipinski definition) is 3. The lowest BCUT2D eigenvalue weighted by Gasteiger charge is -2.37. The van der Waals surface area contributed by atoms with Crippen LogP contribution in [0.4, 0.5) is 0 Å². The molecule has 5 nitrogen and oxygen atoms in total. The lowest BCUT2D eigenvalue weighted by Crippen LogP contribution is -2.53. The van der Waals surface area contributed by atoms with E-state index in [-0.39, 0.29) is 0 Å². The van der Waals surface area contributed by atoms with Gasteiger partial charge in [0.25, 0.3) is 0 Å². The second-order valence-corrected chi connectivity index (χ2v) is 4.21. The van der Waals surface area contributed by atoms with Gasteiger partial charge in [-0.1, -0.05) is 30.3 Å². The Hall–Kier alpha value is -0.980. The summed E-state index contributed by atoms with van der Waals surface area (Å²) < 4.78 is 10.6. The van der Waals surface area contributed by atoms with Gasteiger partial charge >= 0.3 is 0 Å². The van der Waals surface area contributed by atoms with Gasteiger partial charge in [-0.15, -0.1) is 0 Å². The average molecular weight is 270 g/mol. The third-order valence-electron chi connectivity index (χ3n) is 2.89. The Labute approximate surface area is 113 Å². The molecular formula is C14H22O5. The molecule has 0 amide bonds. The largest absolute Gasteiger partial charge is 0.393 e. The van der Waals surface area contributed by atoms with Crippen molar-refractivity contribution in [1.29, 1.82) is 0 Å². The first kappa shape index (κ1) is 16.1. The van der Waals surface area contributed by atoms with E-state index in [0.717, 1.165) is 0 Å². The maximum absolute atomic E-state index is 10.5. The molecular weight excluding hydrogens is 248 g/mol. The molecule has 0 fully saturated rings. The normalized spacial score (nSPS) is 16.3. The van der Waals surface area contributed by atoms with Crippen molar-refractivity contribution in [3.05, 3.63) is 35.9 Å². The summed E-state index contributed by atoms with van der Waals surface area (Å²) in [6.45, 7) is 3.42. The number of ether oxygens (including phenoxy) is 2. The molecule has 0 aliphatic carbocycles. The molecule has 0 bridgehead atoms. The molecule has 5 heteroatoms. The van der Waals surface area contributed by atoms with Crippen molar-refractivity contribution in [3.8, 4) is 0 Å². The summed E-state index contributed by atoms with van der Waals surface area (Å²) in [5.74, 6) is 0. The van der Waals surface area contributed by atoms with E-state index in [1.807, 2.05) is 0 Å². The summed E-state index contributed by atoms with van der Waals surface area (Å²) in [6, 6.07) is 8.62. The molecule has 19 heavy (non-hydrogen) atoms. The number of hydrogen-bond acceptors (Lipinski definition) is 5. The minimum Gasteiger partial charge on any atom is -0.393 e. The highest BCUT2D eigenvalue weighted by molar-refractivity contribution is 5.20. The van der Waals surface area contributed by atoms with Crippen molar-refractivity contribution in [3.63, 3.8) is 0 Å². The summed E-state index contributed by atoms with van der Waals surface area (Å²) in [5.41, 5.74) is -1.42.